The van der Waals surface area contributed by atoms with Gasteiger partial charge in [0.25, 0.3) is 0 Å². The lowest BCUT2D eigenvalue weighted by atomic mass is 10.2. The van der Waals surface area contributed by atoms with Gasteiger partial charge in [0.1, 0.15) is 5.82 Å². The minimum Gasteiger partial charge on any atom is -0.314 e. The summed E-state index contributed by atoms with van der Waals surface area (Å²) in [5.41, 5.74) is -0.171. The predicted molar refractivity (Wildman–Crippen MR) is 79.0 cm³/mol. The Hall–Kier alpha value is -2.83. The zero-order chi connectivity index (χ0) is 16.9. The highest BCUT2D eigenvalue weighted by Gasteiger charge is 2.30. The summed E-state index contributed by atoms with van der Waals surface area (Å²) in [6.45, 7) is 0. The van der Waals surface area contributed by atoms with Crippen molar-refractivity contribution < 1.29 is 22.4 Å². The molecule has 0 saturated heterocycles. The van der Waals surface area contributed by atoms with Crippen LogP contribution in [0, 0.1) is 5.82 Å². The van der Waals surface area contributed by atoms with Crippen molar-refractivity contribution in [3.63, 3.8) is 0 Å². The molecule has 23 heavy (non-hydrogen) atoms. The van der Waals surface area contributed by atoms with Crippen LogP contribution in [0.2, 0.25) is 0 Å². The van der Waals surface area contributed by atoms with Crippen LogP contribution in [0.25, 0.3) is 6.08 Å². The van der Waals surface area contributed by atoms with Crippen LogP contribution in [0.5, 0.6) is 0 Å². The van der Waals surface area contributed by atoms with Gasteiger partial charge in [-0.05, 0) is 42.0 Å². The maximum Gasteiger partial charge on any atom is 0.416 e. The van der Waals surface area contributed by atoms with E-state index in [4.69, 9.17) is 0 Å². The normalized spacial score (nSPS) is 11.5. The van der Waals surface area contributed by atoms with Crippen LogP contribution in [0.15, 0.2) is 54.7 Å². The van der Waals surface area contributed by atoms with E-state index in [1.807, 2.05) is 0 Å². The van der Waals surface area contributed by atoms with Gasteiger partial charge in [-0.3, -0.25) is 0 Å². The Balaban J connectivity index is 1.93. The number of hydrogen-bond acceptors (Lipinski definition) is 1. The molecule has 0 fully saturated rings. The maximum atomic E-state index is 12.7. The third-order valence-corrected chi connectivity index (χ3v) is 2.81. The average molecular weight is 324 g/mol. The van der Waals surface area contributed by atoms with Crippen LogP contribution in [0.3, 0.4) is 0 Å². The van der Waals surface area contributed by atoms with Crippen molar-refractivity contribution in [2.75, 3.05) is 5.32 Å². The number of alkyl halides is 3. The van der Waals surface area contributed by atoms with Gasteiger partial charge >= 0.3 is 12.2 Å². The molecule has 0 aromatic heterocycles. The molecule has 0 saturated carbocycles. The summed E-state index contributed by atoms with van der Waals surface area (Å²) in [4.78, 5) is 11.6. The summed E-state index contributed by atoms with van der Waals surface area (Å²) >= 11 is 0. The van der Waals surface area contributed by atoms with Crippen molar-refractivity contribution >= 4 is 17.8 Å². The Morgan fingerprint density at radius 1 is 1.04 bits per heavy atom. The second-order valence-electron chi connectivity index (χ2n) is 4.56. The molecule has 0 unspecified atom stereocenters. The number of amides is 2. The molecule has 0 heterocycles. The first kappa shape index (κ1) is 16.5. The van der Waals surface area contributed by atoms with Gasteiger partial charge in [0.05, 0.1) is 5.56 Å². The Morgan fingerprint density at radius 3 is 2.39 bits per heavy atom. The summed E-state index contributed by atoms with van der Waals surface area (Å²) in [7, 11) is 0. The predicted octanol–water partition coefficient (Wildman–Crippen LogP) is 4.64. The van der Waals surface area contributed by atoms with E-state index >= 15 is 0 Å². The minimum atomic E-state index is -4.48. The van der Waals surface area contributed by atoms with E-state index < -0.39 is 17.8 Å². The lowest BCUT2D eigenvalue weighted by Crippen LogP contribution is -2.23. The molecule has 0 radical (unpaired) electrons. The van der Waals surface area contributed by atoms with Crippen molar-refractivity contribution in [3.05, 3.63) is 71.7 Å². The van der Waals surface area contributed by atoms with E-state index in [1.165, 1.54) is 48.7 Å². The minimum absolute atomic E-state index is 0.0208. The number of rotatable bonds is 3. The number of benzene rings is 2. The van der Waals surface area contributed by atoms with Gasteiger partial charge in [0.2, 0.25) is 0 Å². The highest BCUT2D eigenvalue weighted by molar-refractivity contribution is 5.90. The van der Waals surface area contributed by atoms with E-state index in [9.17, 15) is 22.4 Å². The van der Waals surface area contributed by atoms with Crippen LogP contribution in [-0.2, 0) is 6.18 Å². The lowest BCUT2D eigenvalue weighted by molar-refractivity contribution is -0.137. The summed E-state index contributed by atoms with van der Waals surface area (Å²) in [6.07, 6.45) is -1.65. The fraction of sp³-hybridized carbons (Fsp3) is 0.0625. The molecule has 0 aliphatic heterocycles. The van der Waals surface area contributed by atoms with Gasteiger partial charge in [0.15, 0.2) is 0 Å². The SMILES string of the molecule is O=C(N/C=C/c1ccc(F)cc1)Nc1cccc(C(F)(F)F)c1. The highest BCUT2D eigenvalue weighted by Crippen LogP contribution is 2.30. The van der Waals surface area contributed by atoms with E-state index in [0.717, 1.165) is 12.1 Å². The molecule has 2 rings (SSSR count). The summed E-state index contributed by atoms with van der Waals surface area (Å²) in [5, 5.41) is 4.64. The van der Waals surface area contributed by atoms with Crippen LogP contribution in [-0.4, -0.2) is 6.03 Å². The molecule has 2 amide bonds. The van der Waals surface area contributed by atoms with E-state index in [0.29, 0.717) is 5.56 Å². The van der Waals surface area contributed by atoms with Crippen molar-refractivity contribution in [2.45, 2.75) is 6.18 Å². The first-order valence-corrected chi connectivity index (χ1v) is 6.51. The van der Waals surface area contributed by atoms with E-state index in [-0.39, 0.29) is 11.5 Å². The molecular formula is C16H12F4N2O. The Morgan fingerprint density at radius 2 is 1.74 bits per heavy atom. The molecular weight excluding hydrogens is 312 g/mol. The molecule has 120 valence electrons. The molecule has 0 atom stereocenters. The van der Waals surface area contributed by atoms with Crippen molar-refractivity contribution in [1.29, 1.82) is 0 Å². The average Bonchev–Trinajstić information content (AvgIpc) is 2.49. The zero-order valence-electron chi connectivity index (χ0n) is 11.7. The fourth-order valence-corrected chi connectivity index (χ4v) is 1.73. The smallest absolute Gasteiger partial charge is 0.314 e. The summed E-state index contributed by atoms with van der Waals surface area (Å²) < 4.78 is 50.4. The first-order valence-electron chi connectivity index (χ1n) is 6.51. The van der Waals surface area contributed by atoms with Gasteiger partial charge < -0.3 is 10.6 Å². The van der Waals surface area contributed by atoms with Crippen molar-refractivity contribution in [2.24, 2.45) is 0 Å². The van der Waals surface area contributed by atoms with Crippen molar-refractivity contribution in [3.8, 4) is 0 Å². The maximum absolute atomic E-state index is 12.7. The second-order valence-corrected chi connectivity index (χ2v) is 4.56. The number of nitrogens with one attached hydrogen (secondary N) is 2. The Kier molecular flexibility index (Phi) is 5.00. The summed E-state index contributed by atoms with van der Waals surface area (Å²) in [6, 6.07) is 9.16. The molecule has 2 aromatic rings. The number of anilines is 1. The van der Waals surface area contributed by atoms with E-state index in [2.05, 4.69) is 10.6 Å². The molecule has 0 bridgehead atoms. The van der Waals surface area contributed by atoms with Gasteiger partial charge in [0, 0.05) is 11.9 Å². The third kappa shape index (κ3) is 5.14. The first-order chi connectivity index (χ1) is 10.8. The van der Waals surface area contributed by atoms with Crippen LogP contribution in [0.1, 0.15) is 11.1 Å². The third-order valence-electron chi connectivity index (χ3n) is 2.81. The fourth-order valence-electron chi connectivity index (χ4n) is 1.73. The molecule has 2 aromatic carbocycles. The molecule has 2 N–H and O–H groups in total. The Labute approximate surface area is 129 Å². The van der Waals surface area contributed by atoms with Crippen molar-refractivity contribution in [1.82, 2.24) is 5.32 Å². The number of carbonyl (C=O) groups is 1. The standard InChI is InChI=1S/C16H12F4N2O/c17-13-6-4-11(5-7-13)8-9-21-15(23)22-14-3-1-2-12(10-14)16(18,19)20/h1-10H,(H2,21,22,23)/b9-8+. The number of halogens is 4. The number of hydrogen-bond donors (Lipinski definition) is 2. The van der Waals surface area contributed by atoms with Gasteiger partial charge in [-0.25, -0.2) is 9.18 Å². The molecule has 7 heteroatoms. The van der Waals surface area contributed by atoms with Crippen LogP contribution in [0.4, 0.5) is 28.0 Å². The topological polar surface area (TPSA) is 41.1 Å². The van der Waals surface area contributed by atoms with Gasteiger partial charge in [-0.2, -0.15) is 13.2 Å². The second kappa shape index (κ2) is 6.95. The number of urea groups is 1. The summed E-state index contributed by atoms with van der Waals surface area (Å²) in [5.74, 6) is -0.377. The number of carbonyl (C=O) groups excluding carboxylic acids is 1. The van der Waals surface area contributed by atoms with Crippen LogP contribution < -0.4 is 10.6 Å². The lowest BCUT2D eigenvalue weighted by Gasteiger charge is -2.09. The molecule has 0 spiro atoms. The largest absolute Gasteiger partial charge is 0.416 e. The van der Waals surface area contributed by atoms with Gasteiger partial charge in [-0.15, -0.1) is 0 Å². The van der Waals surface area contributed by atoms with E-state index in [1.54, 1.807) is 0 Å². The Bertz CT molecular complexity index is 709. The quantitative estimate of drug-likeness (QED) is 0.794. The van der Waals surface area contributed by atoms with Crippen LogP contribution >= 0.6 is 0 Å². The molecule has 0 aliphatic carbocycles. The van der Waals surface area contributed by atoms with Gasteiger partial charge in [-0.1, -0.05) is 18.2 Å². The monoisotopic (exact) mass is 324 g/mol. The molecule has 3 nitrogen and oxygen atoms in total. The highest BCUT2D eigenvalue weighted by atomic mass is 19.4. The molecule has 0 aliphatic rings. The zero-order valence-corrected chi connectivity index (χ0v) is 11.7.